The molecule has 0 aromatic heterocycles. The van der Waals surface area contributed by atoms with Crippen LogP contribution in [-0.4, -0.2) is 18.9 Å². The van der Waals surface area contributed by atoms with Crippen molar-refractivity contribution >= 4 is 34.0 Å². The Bertz CT molecular complexity index is 1010. The summed E-state index contributed by atoms with van der Waals surface area (Å²) in [4.78, 5) is 26.5. The number of rotatable bonds is 4. The Kier molecular flexibility index (Phi) is 4.40. The number of fused-ring (bicyclic) bond motifs is 1. The van der Waals surface area contributed by atoms with E-state index in [9.17, 15) is 9.59 Å². The fraction of sp³-hybridized carbons (Fsp3) is 0.217. The smallest absolute Gasteiger partial charge is 0.258 e. The van der Waals surface area contributed by atoms with E-state index < -0.39 is 0 Å². The predicted molar refractivity (Wildman–Crippen MR) is 109 cm³/mol. The minimum Gasteiger partial charge on any atom is -0.326 e. The van der Waals surface area contributed by atoms with Crippen LogP contribution in [0.4, 0.5) is 11.4 Å². The van der Waals surface area contributed by atoms with E-state index in [0.29, 0.717) is 11.5 Å². The number of nitrogens with zero attached hydrogens (tertiary/aromatic N) is 1. The Hall–Kier alpha value is -3.14. The second kappa shape index (κ2) is 6.88. The van der Waals surface area contributed by atoms with E-state index in [1.165, 1.54) is 0 Å². The fourth-order valence-electron chi connectivity index (χ4n) is 3.31. The predicted octanol–water partition coefficient (Wildman–Crippen LogP) is 4.71. The third-order valence-corrected chi connectivity index (χ3v) is 5.27. The summed E-state index contributed by atoms with van der Waals surface area (Å²) in [5, 5.41) is 5.16. The molecule has 2 atom stereocenters. The van der Waals surface area contributed by atoms with Crippen LogP contribution >= 0.6 is 0 Å². The van der Waals surface area contributed by atoms with Crippen LogP contribution in [0.15, 0.2) is 66.7 Å². The number of carbonyl (C=O) groups excluding carboxylic acids is 2. The van der Waals surface area contributed by atoms with Gasteiger partial charge >= 0.3 is 0 Å². The number of amides is 2. The molecule has 4 heteroatoms. The number of hydrogen-bond donors (Lipinski definition) is 1. The van der Waals surface area contributed by atoms with E-state index in [4.69, 9.17) is 0 Å². The molecule has 2 unspecified atom stereocenters. The van der Waals surface area contributed by atoms with Gasteiger partial charge in [-0.15, -0.1) is 0 Å². The number of hydrogen-bond acceptors (Lipinski definition) is 2. The van der Waals surface area contributed by atoms with Crippen LogP contribution in [0, 0.1) is 11.8 Å². The molecule has 4 rings (SSSR count). The highest BCUT2D eigenvalue weighted by Gasteiger charge is 2.39. The zero-order valence-electron chi connectivity index (χ0n) is 15.5. The summed E-state index contributed by atoms with van der Waals surface area (Å²) >= 11 is 0. The molecule has 27 heavy (non-hydrogen) atoms. The average molecular weight is 358 g/mol. The van der Waals surface area contributed by atoms with E-state index in [1.54, 1.807) is 36.2 Å². The van der Waals surface area contributed by atoms with Crippen LogP contribution in [0.25, 0.3) is 10.8 Å². The van der Waals surface area contributed by atoms with E-state index >= 15 is 0 Å². The second-order valence-electron chi connectivity index (χ2n) is 7.28. The highest BCUT2D eigenvalue weighted by atomic mass is 16.2. The van der Waals surface area contributed by atoms with Crippen molar-refractivity contribution in [2.75, 3.05) is 17.3 Å². The minimum absolute atomic E-state index is 0.0647. The molecule has 136 valence electrons. The van der Waals surface area contributed by atoms with Gasteiger partial charge in [0.25, 0.3) is 5.91 Å². The molecule has 1 saturated carbocycles. The largest absolute Gasteiger partial charge is 0.326 e. The highest BCUT2D eigenvalue weighted by molar-refractivity contribution is 6.07. The van der Waals surface area contributed by atoms with Gasteiger partial charge in [-0.2, -0.15) is 0 Å². The summed E-state index contributed by atoms with van der Waals surface area (Å²) < 4.78 is 0. The lowest BCUT2D eigenvalue weighted by molar-refractivity contribution is -0.117. The molecule has 2 amide bonds. The van der Waals surface area contributed by atoms with Gasteiger partial charge in [0.05, 0.1) is 0 Å². The molecular weight excluding hydrogens is 336 g/mol. The Morgan fingerprint density at radius 1 is 0.963 bits per heavy atom. The number of anilines is 2. The molecule has 1 aliphatic carbocycles. The maximum Gasteiger partial charge on any atom is 0.258 e. The third-order valence-electron chi connectivity index (χ3n) is 5.27. The first-order valence-electron chi connectivity index (χ1n) is 9.21. The highest BCUT2D eigenvalue weighted by Crippen LogP contribution is 2.38. The molecule has 3 aromatic rings. The Morgan fingerprint density at radius 2 is 1.63 bits per heavy atom. The van der Waals surface area contributed by atoms with Crippen molar-refractivity contribution in [2.24, 2.45) is 11.8 Å². The van der Waals surface area contributed by atoms with Crippen molar-refractivity contribution in [1.29, 1.82) is 0 Å². The first kappa shape index (κ1) is 17.3. The first-order valence-corrected chi connectivity index (χ1v) is 9.21. The quantitative estimate of drug-likeness (QED) is 0.734. The number of carbonyl (C=O) groups is 2. The van der Waals surface area contributed by atoms with Gasteiger partial charge in [-0.3, -0.25) is 9.59 Å². The summed E-state index contributed by atoms with van der Waals surface area (Å²) in [7, 11) is 1.77. The van der Waals surface area contributed by atoms with Gasteiger partial charge in [0, 0.05) is 29.9 Å². The first-order chi connectivity index (χ1) is 13.0. The lowest BCUT2D eigenvalue weighted by Gasteiger charge is -2.18. The van der Waals surface area contributed by atoms with Gasteiger partial charge in [-0.05, 0) is 59.5 Å². The van der Waals surface area contributed by atoms with Crippen molar-refractivity contribution in [3.63, 3.8) is 0 Å². The van der Waals surface area contributed by atoms with Crippen LogP contribution in [0.5, 0.6) is 0 Å². The summed E-state index contributed by atoms with van der Waals surface area (Å²) in [5.41, 5.74) is 2.16. The van der Waals surface area contributed by atoms with Crippen molar-refractivity contribution in [1.82, 2.24) is 0 Å². The van der Waals surface area contributed by atoms with E-state index in [-0.39, 0.29) is 17.7 Å². The van der Waals surface area contributed by atoms with Gasteiger partial charge < -0.3 is 10.2 Å². The van der Waals surface area contributed by atoms with Crippen LogP contribution < -0.4 is 10.2 Å². The van der Waals surface area contributed by atoms with Crippen LogP contribution in [0.1, 0.15) is 23.7 Å². The van der Waals surface area contributed by atoms with Crippen LogP contribution in [0.2, 0.25) is 0 Å². The summed E-state index contributed by atoms with van der Waals surface area (Å²) in [5.74, 6) is 0.584. The molecule has 4 nitrogen and oxygen atoms in total. The van der Waals surface area contributed by atoms with Crippen LogP contribution in [0.3, 0.4) is 0 Å². The van der Waals surface area contributed by atoms with Gasteiger partial charge in [0.1, 0.15) is 0 Å². The molecule has 1 N–H and O–H groups in total. The summed E-state index contributed by atoms with van der Waals surface area (Å²) in [6.45, 7) is 2.08. The minimum atomic E-state index is -0.0843. The SMILES string of the molecule is CC1CC1C(=O)Nc1ccc(C(=O)N(C)c2ccc3ccccc3c2)cc1. The van der Waals surface area contributed by atoms with E-state index in [0.717, 1.165) is 28.6 Å². The normalized spacial score (nSPS) is 18.1. The molecule has 3 aromatic carbocycles. The topological polar surface area (TPSA) is 49.4 Å². The fourth-order valence-corrected chi connectivity index (χ4v) is 3.31. The monoisotopic (exact) mass is 358 g/mol. The molecule has 1 fully saturated rings. The average Bonchev–Trinajstić information content (AvgIpc) is 3.44. The zero-order valence-corrected chi connectivity index (χ0v) is 15.5. The zero-order chi connectivity index (χ0) is 19.0. The standard InChI is InChI=1S/C23H22N2O2/c1-15-13-21(15)22(26)24-19-10-7-17(8-11-19)23(27)25(2)20-12-9-16-5-3-4-6-18(16)14-20/h3-12,14-15,21H,13H2,1-2H3,(H,24,26). The third kappa shape index (κ3) is 3.56. The molecule has 0 bridgehead atoms. The van der Waals surface area contributed by atoms with E-state index in [2.05, 4.69) is 18.3 Å². The van der Waals surface area contributed by atoms with Gasteiger partial charge in [-0.25, -0.2) is 0 Å². The maximum absolute atomic E-state index is 12.8. The Balaban J connectivity index is 1.48. The molecule has 0 saturated heterocycles. The Morgan fingerprint density at radius 3 is 2.30 bits per heavy atom. The van der Waals surface area contributed by atoms with Crippen molar-refractivity contribution in [3.05, 3.63) is 72.3 Å². The van der Waals surface area contributed by atoms with Gasteiger partial charge in [0.2, 0.25) is 5.91 Å². The molecule has 1 aliphatic rings. The molecular formula is C23H22N2O2. The lowest BCUT2D eigenvalue weighted by atomic mass is 10.1. The molecule has 0 spiro atoms. The molecule has 0 radical (unpaired) electrons. The van der Waals surface area contributed by atoms with Crippen LogP contribution in [-0.2, 0) is 4.79 Å². The number of nitrogens with one attached hydrogen (secondary N) is 1. The lowest BCUT2D eigenvalue weighted by Crippen LogP contribution is -2.26. The maximum atomic E-state index is 12.8. The summed E-state index contributed by atoms with van der Waals surface area (Å²) in [6, 6.07) is 21.1. The van der Waals surface area contributed by atoms with Crippen molar-refractivity contribution < 1.29 is 9.59 Å². The van der Waals surface area contributed by atoms with Gasteiger partial charge in [0.15, 0.2) is 0 Å². The van der Waals surface area contributed by atoms with Crippen molar-refractivity contribution in [3.8, 4) is 0 Å². The van der Waals surface area contributed by atoms with Crippen molar-refractivity contribution in [2.45, 2.75) is 13.3 Å². The van der Waals surface area contributed by atoms with E-state index in [1.807, 2.05) is 36.4 Å². The molecule has 0 heterocycles. The summed E-state index contributed by atoms with van der Waals surface area (Å²) in [6.07, 6.45) is 0.957. The Labute approximate surface area is 158 Å². The van der Waals surface area contributed by atoms with Gasteiger partial charge in [-0.1, -0.05) is 37.3 Å². The molecule has 0 aliphatic heterocycles. The second-order valence-corrected chi connectivity index (χ2v) is 7.28. The number of benzene rings is 3.